The van der Waals surface area contributed by atoms with Crippen molar-refractivity contribution in [1.82, 2.24) is 0 Å². The summed E-state index contributed by atoms with van der Waals surface area (Å²) >= 11 is 12.4. The molecule has 3 aromatic rings. The fraction of sp³-hybridized carbons (Fsp3) is 0.115. The van der Waals surface area contributed by atoms with Crippen LogP contribution in [0.3, 0.4) is 0 Å². The van der Waals surface area contributed by atoms with Crippen molar-refractivity contribution >= 4 is 69.2 Å². The van der Waals surface area contributed by atoms with Crippen molar-refractivity contribution in [3.63, 3.8) is 0 Å². The summed E-state index contributed by atoms with van der Waals surface area (Å²) in [6.07, 6.45) is 1.70. The van der Waals surface area contributed by atoms with Gasteiger partial charge in [-0.2, -0.15) is 0 Å². The molecule has 1 N–H and O–H groups in total. The van der Waals surface area contributed by atoms with Crippen LogP contribution >= 0.6 is 35.6 Å². The van der Waals surface area contributed by atoms with Gasteiger partial charge in [-0.3, -0.25) is 14.5 Å². The molecule has 1 heterocycles. The van der Waals surface area contributed by atoms with E-state index in [-0.39, 0.29) is 18.4 Å². The number of hydrogen-bond acceptors (Lipinski definition) is 6. The molecule has 1 fully saturated rings. The van der Waals surface area contributed by atoms with Gasteiger partial charge in [-0.05, 0) is 79.2 Å². The number of ether oxygens (including phenoxy) is 2. The zero-order valence-corrected chi connectivity index (χ0v) is 21.4. The molecule has 0 atom stereocenters. The number of nitrogens with zero attached hydrogens (tertiary/aromatic N) is 1. The molecule has 0 radical (unpaired) electrons. The Bertz CT molecular complexity index is 1330. The predicted octanol–water partition coefficient (Wildman–Crippen LogP) is 6.30. The second-order valence-corrected chi connectivity index (χ2v) is 9.59. The maximum absolute atomic E-state index is 13.3. The minimum Gasteiger partial charge on any atom is -0.490 e. The highest BCUT2D eigenvalue weighted by atomic mass is 35.5. The molecule has 36 heavy (non-hydrogen) atoms. The highest BCUT2D eigenvalue weighted by Gasteiger charge is 2.33. The average Bonchev–Trinajstić information content (AvgIpc) is 3.13. The number of halogens is 2. The van der Waals surface area contributed by atoms with Crippen LogP contribution in [0, 0.1) is 5.82 Å². The molecule has 3 aromatic carbocycles. The third-order valence-corrected chi connectivity index (χ3v) is 6.48. The van der Waals surface area contributed by atoms with E-state index >= 15 is 0 Å². The Morgan fingerprint density at radius 2 is 1.81 bits per heavy atom. The fourth-order valence-electron chi connectivity index (χ4n) is 3.31. The van der Waals surface area contributed by atoms with E-state index in [1.807, 2.05) is 6.92 Å². The van der Waals surface area contributed by atoms with Crippen LogP contribution in [-0.2, 0) is 9.59 Å². The van der Waals surface area contributed by atoms with E-state index in [1.54, 1.807) is 48.5 Å². The number of carbonyl (C=O) groups is 2. The van der Waals surface area contributed by atoms with Crippen LogP contribution in [0.2, 0.25) is 5.02 Å². The lowest BCUT2D eigenvalue weighted by molar-refractivity contribution is -0.118. The average molecular weight is 543 g/mol. The molecule has 0 saturated carbocycles. The minimum atomic E-state index is -0.395. The number of amides is 2. The summed E-state index contributed by atoms with van der Waals surface area (Å²) in [4.78, 5) is 27.0. The van der Waals surface area contributed by atoms with E-state index in [0.717, 1.165) is 11.8 Å². The lowest BCUT2D eigenvalue weighted by atomic mass is 10.1. The van der Waals surface area contributed by atoms with Crippen LogP contribution in [0.4, 0.5) is 15.8 Å². The van der Waals surface area contributed by atoms with E-state index < -0.39 is 5.82 Å². The van der Waals surface area contributed by atoms with Gasteiger partial charge in [-0.25, -0.2) is 4.39 Å². The highest BCUT2D eigenvalue weighted by Crippen LogP contribution is 2.37. The monoisotopic (exact) mass is 542 g/mol. The van der Waals surface area contributed by atoms with Crippen LogP contribution in [0.15, 0.2) is 71.6 Å². The molecule has 2 amide bonds. The van der Waals surface area contributed by atoms with E-state index in [9.17, 15) is 14.0 Å². The van der Waals surface area contributed by atoms with Crippen molar-refractivity contribution in [3.05, 3.63) is 88.0 Å². The summed E-state index contributed by atoms with van der Waals surface area (Å²) in [5.74, 6) is -0.214. The van der Waals surface area contributed by atoms with Gasteiger partial charge >= 0.3 is 0 Å². The van der Waals surface area contributed by atoms with E-state index in [4.69, 9.17) is 33.3 Å². The quantitative estimate of drug-likeness (QED) is 0.266. The number of nitrogens with one attached hydrogen (secondary N) is 1. The minimum absolute atomic E-state index is 0.224. The van der Waals surface area contributed by atoms with Crippen LogP contribution in [-0.4, -0.2) is 29.3 Å². The van der Waals surface area contributed by atoms with Crippen molar-refractivity contribution in [1.29, 1.82) is 0 Å². The van der Waals surface area contributed by atoms with E-state index in [0.29, 0.717) is 49.3 Å². The first-order valence-electron chi connectivity index (χ1n) is 10.8. The molecule has 4 rings (SSSR count). The third kappa shape index (κ3) is 6.23. The lowest BCUT2D eigenvalue weighted by Gasteiger charge is -2.14. The largest absolute Gasteiger partial charge is 0.490 e. The smallest absolute Gasteiger partial charge is 0.270 e. The molecular weight excluding hydrogens is 523 g/mol. The topological polar surface area (TPSA) is 67.9 Å². The molecule has 0 aromatic heterocycles. The summed E-state index contributed by atoms with van der Waals surface area (Å²) in [7, 11) is 0. The number of thiocarbonyl (C=S) groups is 1. The van der Waals surface area contributed by atoms with E-state index in [1.165, 1.54) is 29.2 Å². The Hall–Kier alpha value is -3.40. The Morgan fingerprint density at radius 3 is 2.50 bits per heavy atom. The fourth-order valence-corrected chi connectivity index (χ4v) is 4.73. The normalized spacial score (nSPS) is 14.3. The lowest BCUT2D eigenvalue weighted by Crippen LogP contribution is -2.27. The number of anilines is 2. The molecule has 184 valence electrons. The number of benzene rings is 3. The molecule has 0 spiro atoms. The van der Waals surface area contributed by atoms with Crippen molar-refractivity contribution in [3.8, 4) is 11.5 Å². The van der Waals surface area contributed by atoms with Crippen LogP contribution in [0.1, 0.15) is 12.5 Å². The van der Waals surface area contributed by atoms with Crippen LogP contribution in [0.5, 0.6) is 11.5 Å². The summed E-state index contributed by atoms with van der Waals surface area (Å²) in [5.41, 5.74) is 1.79. The third-order valence-electron chi connectivity index (χ3n) is 4.93. The van der Waals surface area contributed by atoms with Crippen molar-refractivity contribution in [2.75, 3.05) is 23.4 Å². The predicted molar refractivity (Wildman–Crippen MR) is 145 cm³/mol. The van der Waals surface area contributed by atoms with Gasteiger partial charge in [0.15, 0.2) is 22.4 Å². The summed E-state index contributed by atoms with van der Waals surface area (Å²) < 4.78 is 25.0. The molecule has 1 aliphatic heterocycles. The Balaban J connectivity index is 1.47. The van der Waals surface area contributed by atoms with Crippen molar-refractivity contribution in [2.24, 2.45) is 0 Å². The highest BCUT2D eigenvalue weighted by molar-refractivity contribution is 8.27. The molecule has 6 nitrogen and oxygen atoms in total. The zero-order valence-electron chi connectivity index (χ0n) is 19.0. The van der Waals surface area contributed by atoms with Gasteiger partial charge in [-0.1, -0.05) is 41.6 Å². The summed E-state index contributed by atoms with van der Waals surface area (Å²) in [6.45, 7) is 1.99. The standard InChI is InChI=1S/C26H20ClFN2O4S2/c1-2-33-22-13-16(3-12-21(22)34-15-24(31)29-19-8-4-17(27)5-9-19)14-23-25(32)30(26(35)36-23)20-10-6-18(28)7-11-20/h3-14H,2,15H2,1H3,(H,29,31)/b23-14-. The van der Waals surface area contributed by atoms with Crippen molar-refractivity contribution < 1.29 is 23.5 Å². The van der Waals surface area contributed by atoms with Gasteiger partial charge in [0.05, 0.1) is 17.2 Å². The Morgan fingerprint density at radius 1 is 1.08 bits per heavy atom. The maximum atomic E-state index is 13.3. The van der Waals surface area contributed by atoms with Gasteiger partial charge in [0.2, 0.25) is 0 Å². The maximum Gasteiger partial charge on any atom is 0.270 e. The molecule has 1 aliphatic rings. The van der Waals surface area contributed by atoms with Crippen LogP contribution < -0.4 is 19.7 Å². The SMILES string of the molecule is CCOc1cc(/C=C2\SC(=S)N(c3ccc(F)cc3)C2=O)ccc1OCC(=O)Nc1ccc(Cl)cc1. The second-order valence-electron chi connectivity index (χ2n) is 7.48. The molecule has 1 saturated heterocycles. The van der Waals surface area contributed by atoms with Gasteiger partial charge in [-0.15, -0.1) is 0 Å². The number of carbonyl (C=O) groups excluding carboxylic acids is 2. The second kappa shape index (κ2) is 11.6. The van der Waals surface area contributed by atoms with Gasteiger partial charge in [0, 0.05) is 10.7 Å². The van der Waals surface area contributed by atoms with Crippen LogP contribution in [0.25, 0.3) is 6.08 Å². The summed E-state index contributed by atoms with van der Waals surface area (Å²) in [6, 6.07) is 17.5. The molecule has 0 aliphatic carbocycles. The number of hydrogen-bond donors (Lipinski definition) is 1. The van der Waals surface area contributed by atoms with E-state index in [2.05, 4.69) is 5.32 Å². The van der Waals surface area contributed by atoms with Gasteiger partial charge in [0.25, 0.3) is 11.8 Å². The summed E-state index contributed by atoms with van der Waals surface area (Å²) in [5, 5.41) is 3.30. The molecule has 0 bridgehead atoms. The first-order chi connectivity index (χ1) is 17.3. The van der Waals surface area contributed by atoms with Gasteiger partial charge < -0.3 is 14.8 Å². The molecular formula is C26H20ClFN2O4S2. The Labute approximate surface area is 222 Å². The van der Waals surface area contributed by atoms with Gasteiger partial charge in [0.1, 0.15) is 5.82 Å². The molecule has 0 unspecified atom stereocenters. The first-order valence-corrected chi connectivity index (χ1v) is 12.4. The molecule has 10 heteroatoms. The first kappa shape index (κ1) is 25.7. The van der Waals surface area contributed by atoms with Crippen molar-refractivity contribution in [2.45, 2.75) is 6.92 Å². The Kier molecular flexibility index (Phi) is 8.25. The zero-order chi connectivity index (χ0) is 25.7. The number of thioether (sulfide) groups is 1. The number of rotatable bonds is 8.